The topological polar surface area (TPSA) is 143 Å². The molecule has 11 heteroatoms. The predicted molar refractivity (Wildman–Crippen MR) is 121 cm³/mol. The van der Waals surface area contributed by atoms with Gasteiger partial charge in [-0.25, -0.2) is 17.8 Å². The third-order valence-electron chi connectivity index (χ3n) is 4.91. The molecule has 0 aliphatic carbocycles. The van der Waals surface area contributed by atoms with Crippen LogP contribution < -0.4 is 21.2 Å². The molecule has 3 N–H and O–H groups in total. The quantitative estimate of drug-likeness (QED) is 0.360. The van der Waals surface area contributed by atoms with Gasteiger partial charge in [-0.15, -0.1) is 0 Å². The number of carbonyl (C=O) groups excluding carboxylic acids is 1. The van der Waals surface area contributed by atoms with E-state index in [2.05, 4.69) is 15.1 Å². The van der Waals surface area contributed by atoms with Crippen LogP contribution >= 0.6 is 0 Å². The van der Waals surface area contributed by atoms with Crippen molar-refractivity contribution < 1.29 is 17.6 Å². The Bertz CT molecular complexity index is 1500. The van der Waals surface area contributed by atoms with Crippen LogP contribution in [-0.2, 0) is 27.9 Å². The standard InChI is InChI=1S/C22H20N4O6S/c27-20(11-12-26-22(29)19-6-2-1-5-18(19)21(28)25-26)24-15-7-9-17(10-8-15)33(30,31)23-14-16-4-3-13-32-16/h1-10,13,23H,11-12,14H2,(H,24,27)(H,25,28). The number of hydrogen-bond acceptors (Lipinski definition) is 6. The first-order valence-corrected chi connectivity index (χ1v) is 11.5. The molecule has 0 unspecified atom stereocenters. The Labute approximate surface area is 187 Å². The van der Waals surface area contributed by atoms with Gasteiger partial charge in [-0.2, -0.15) is 0 Å². The van der Waals surface area contributed by atoms with Gasteiger partial charge in [-0.05, 0) is 48.5 Å². The Balaban J connectivity index is 1.37. The Morgan fingerprint density at radius 3 is 2.39 bits per heavy atom. The van der Waals surface area contributed by atoms with Crippen molar-refractivity contribution in [2.75, 3.05) is 5.32 Å². The van der Waals surface area contributed by atoms with Crippen molar-refractivity contribution in [2.24, 2.45) is 0 Å². The SMILES string of the molecule is O=C(CCn1[nH]c(=O)c2ccccc2c1=O)Nc1ccc(S(=O)(=O)NCc2ccco2)cc1. The average Bonchev–Trinajstić information content (AvgIpc) is 3.33. The molecule has 0 bridgehead atoms. The average molecular weight is 468 g/mol. The molecule has 2 heterocycles. The number of nitrogens with one attached hydrogen (secondary N) is 3. The van der Waals surface area contributed by atoms with E-state index in [4.69, 9.17) is 4.42 Å². The molecule has 2 aromatic carbocycles. The molecule has 0 spiro atoms. The number of amides is 1. The Kier molecular flexibility index (Phi) is 6.24. The minimum absolute atomic E-state index is 0.0179. The lowest BCUT2D eigenvalue weighted by Gasteiger charge is -2.09. The number of furan rings is 1. The van der Waals surface area contributed by atoms with Crippen molar-refractivity contribution in [3.63, 3.8) is 0 Å². The highest BCUT2D eigenvalue weighted by atomic mass is 32.2. The molecule has 0 fully saturated rings. The lowest BCUT2D eigenvalue weighted by Crippen LogP contribution is -2.31. The van der Waals surface area contributed by atoms with Gasteiger partial charge in [0.05, 0.1) is 35.0 Å². The highest BCUT2D eigenvalue weighted by molar-refractivity contribution is 7.89. The Hall–Kier alpha value is -3.96. The van der Waals surface area contributed by atoms with E-state index in [1.807, 2.05) is 0 Å². The van der Waals surface area contributed by atoms with Gasteiger partial charge in [0.25, 0.3) is 11.1 Å². The van der Waals surface area contributed by atoms with Crippen molar-refractivity contribution in [1.82, 2.24) is 14.5 Å². The summed E-state index contributed by atoms with van der Waals surface area (Å²) in [6.07, 6.45) is 1.38. The van der Waals surface area contributed by atoms with Crippen molar-refractivity contribution in [3.8, 4) is 0 Å². The van der Waals surface area contributed by atoms with E-state index in [0.717, 1.165) is 4.68 Å². The Morgan fingerprint density at radius 2 is 1.70 bits per heavy atom. The van der Waals surface area contributed by atoms with Gasteiger partial charge in [0.15, 0.2) is 0 Å². The smallest absolute Gasteiger partial charge is 0.273 e. The first-order chi connectivity index (χ1) is 15.8. The number of aromatic nitrogens is 2. The van der Waals surface area contributed by atoms with E-state index in [-0.39, 0.29) is 35.2 Å². The summed E-state index contributed by atoms with van der Waals surface area (Å²) in [6, 6.07) is 15.4. The van der Waals surface area contributed by atoms with Crippen LogP contribution in [0.15, 0.2) is 85.8 Å². The molecular formula is C22H20N4O6S. The van der Waals surface area contributed by atoms with E-state index in [0.29, 0.717) is 11.4 Å². The maximum atomic E-state index is 12.5. The van der Waals surface area contributed by atoms with E-state index >= 15 is 0 Å². The van der Waals surface area contributed by atoms with Crippen LogP contribution in [0.4, 0.5) is 5.69 Å². The first-order valence-electron chi connectivity index (χ1n) is 9.97. The van der Waals surface area contributed by atoms with Crippen molar-refractivity contribution in [1.29, 1.82) is 0 Å². The largest absolute Gasteiger partial charge is 0.468 e. The van der Waals surface area contributed by atoms with Gasteiger partial charge >= 0.3 is 0 Å². The van der Waals surface area contributed by atoms with Gasteiger partial charge in [-0.3, -0.25) is 19.5 Å². The van der Waals surface area contributed by atoms with Crippen LogP contribution in [0.2, 0.25) is 0 Å². The van der Waals surface area contributed by atoms with Gasteiger partial charge in [0, 0.05) is 12.1 Å². The third kappa shape index (κ3) is 5.10. The highest BCUT2D eigenvalue weighted by Gasteiger charge is 2.15. The second kappa shape index (κ2) is 9.27. The molecule has 10 nitrogen and oxygen atoms in total. The number of H-pyrrole nitrogens is 1. The summed E-state index contributed by atoms with van der Waals surface area (Å²) in [5.41, 5.74) is -0.415. The van der Waals surface area contributed by atoms with E-state index in [9.17, 15) is 22.8 Å². The van der Waals surface area contributed by atoms with Crippen LogP contribution in [0.3, 0.4) is 0 Å². The first kappa shape index (κ1) is 22.2. The number of carbonyl (C=O) groups is 1. The molecule has 4 rings (SSSR count). The fraction of sp³-hybridized carbons (Fsp3) is 0.136. The van der Waals surface area contributed by atoms with Crippen LogP contribution in [-0.4, -0.2) is 24.1 Å². The summed E-state index contributed by atoms with van der Waals surface area (Å²) in [5.74, 6) is 0.0804. The minimum atomic E-state index is -3.75. The number of benzene rings is 2. The van der Waals surface area contributed by atoms with Gasteiger partial charge in [0.2, 0.25) is 15.9 Å². The zero-order valence-electron chi connectivity index (χ0n) is 17.3. The molecule has 170 valence electrons. The zero-order valence-corrected chi connectivity index (χ0v) is 18.1. The number of fused-ring (bicyclic) bond motifs is 1. The molecule has 0 saturated heterocycles. The van der Waals surface area contributed by atoms with Crippen LogP contribution in [0.1, 0.15) is 12.2 Å². The molecule has 0 aliphatic heterocycles. The van der Waals surface area contributed by atoms with E-state index in [1.54, 1.807) is 36.4 Å². The number of aryl methyl sites for hydroxylation is 1. The van der Waals surface area contributed by atoms with Gasteiger partial charge < -0.3 is 9.73 Å². The summed E-state index contributed by atoms with van der Waals surface area (Å²) in [6.45, 7) is -0.00203. The molecule has 33 heavy (non-hydrogen) atoms. The molecule has 0 aliphatic rings. The van der Waals surface area contributed by atoms with Crippen LogP contribution in [0.5, 0.6) is 0 Å². The summed E-state index contributed by atoms with van der Waals surface area (Å²) in [4.78, 5) is 37.0. The van der Waals surface area contributed by atoms with Gasteiger partial charge in [-0.1, -0.05) is 12.1 Å². The summed E-state index contributed by atoms with van der Waals surface area (Å²) < 4.78 is 33.4. The normalized spacial score (nSPS) is 11.5. The van der Waals surface area contributed by atoms with E-state index < -0.39 is 27.0 Å². The monoisotopic (exact) mass is 468 g/mol. The van der Waals surface area contributed by atoms with Crippen LogP contribution in [0, 0.1) is 0 Å². The number of aromatic amines is 1. The molecule has 0 radical (unpaired) electrons. The minimum Gasteiger partial charge on any atom is -0.468 e. The number of hydrogen-bond donors (Lipinski definition) is 3. The second-order valence-electron chi connectivity index (χ2n) is 7.17. The molecule has 4 aromatic rings. The lowest BCUT2D eigenvalue weighted by atomic mass is 10.2. The maximum Gasteiger partial charge on any atom is 0.273 e. The number of rotatable bonds is 8. The lowest BCUT2D eigenvalue weighted by molar-refractivity contribution is -0.116. The molecule has 1 amide bonds. The summed E-state index contributed by atoms with van der Waals surface area (Å²) in [5, 5.41) is 5.68. The summed E-state index contributed by atoms with van der Waals surface area (Å²) >= 11 is 0. The second-order valence-corrected chi connectivity index (χ2v) is 8.94. The van der Waals surface area contributed by atoms with Crippen LogP contribution in [0.25, 0.3) is 10.8 Å². The van der Waals surface area contributed by atoms with Crippen molar-refractivity contribution in [3.05, 3.63) is 93.4 Å². The number of nitrogens with zero attached hydrogens (tertiary/aromatic N) is 1. The molecule has 0 saturated carbocycles. The van der Waals surface area contributed by atoms with E-state index in [1.165, 1.54) is 30.5 Å². The highest BCUT2D eigenvalue weighted by Crippen LogP contribution is 2.15. The summed E-state index contributed by atoms with van der Waals surface area (Å²) in [7, 11) is -3.75. The maximum absolute atomic E-state index is 12.5. The fourth-order valence-electron chi connectivity index (χ4n) is 3.22. The Morgan fingerprint density at radius 1 is 0.970 bits per heavy atom. The predicted octanol–water partition coefficient (Wildman–Crippen LogP) is 1.79. The zero-order chi connectivity index (χ0) is 23.4. The molecular weight excluding hydrogens is 448 g/mol. The molecule has 2 aromatic heterocycles. The third-order valence-corrected chi connectivity index (χ3v) is 6.33. The molecule has 0 atom stereocenters. The number of sulfonamides is 1. The fourth-order valence-corrected chi connectivity index (χ4v) is 4.21. The van der Waals surface area contributed by atoms with Gasteiger partial charge in [0.1, 0.15) is 5.76 Å². The number of anilines is 1. The van der Waals surface area contributed by atoms with Crippen molar-refractivity contribution >= 4 is 32.4 Å². The van der Waals surface area contributed by atoms with Crippen molar-refractivity contribution in [2.45, 2.75) is 24.4 Å².